The van der Waals surface area contributed by atoms with Crippen molar-refractivity contribution < 1.29 is 24.0 Å². The Labute approximate surface area is 171 Å². The number of carboxylic acids is 2. The lowest BCUT2D eigenvalue weighted by Gasteiger charge is -2.16. The third-order valence-corrected chi connectivity index (χ3v) is 6.09. The van der Waals surface area contributed by atoms with E-state index in [4.69, 9.17) is 5.11 Å². The largest absolute Gasteiger partial charge is 0.481 e. The van der Waals surface area contributed by atoms with Crippen LogP contribution < -0.4 is 0 Å². The number of rotatable bonds is 8. The summed E-state index contributed by atoms with van der Waals surface area (Å²) < 4.78 is 13.2. The van der Waals surface area contributed by atoms with Gasteiger partial charge in [0.15, 0.2) is 0 Å². The second kappa shape index (κ2) is 9.30. The van der Waals surface area contributed by atoms with Gasteiger partial charge in [0.05, 0.1) is 16.7 Å². The molecule has 0 fully saturated rings. The van der Waals surface area contributed by atoms with Gasteiger partial charge in [0.1, 0.15) is 0 Å². The van der Waals surface area contributed by atoms with Crippen molar-refractivity contribution in [1.82, 2.24) is 0 Å². The smallest absolute Gasteiger partial charge is 0.311 e. The maximum Gasteiger partial charge on any atom is 0.311 e. The fourth-order valence-electron chi connectivity index (χ4n) is 3.15. The van der Waals surface area contributed by atoms with E-state index < -0.39 is 28.7 Å². The van der Waals surface area contributed by atoms with Crippen molar-refractivity contribution in [2.75, 3.05) is 0 Å². The van der Waals surface area contributed by atoms with E-state index in [1.54, 1.807) is 36.4 Å². The van der Waals surface area contributed by atoms with E-state index in [2.05, 4.69) is 0 Å². The summed E-state index contributed by atoms with van der Waals surface area (Å²) in [6.45, 7) is 0. The molecule has 2 atom stereocenters. The van der Waals surface area contributed by atoms with Gasteiger partial charge < -0.3 is 10.2 Å². The second-order valence-corrected chi connectivity index (χ2v) is 7.97. The van der Waals surface area contributed by atoms with E-state index in [1.807, 2.05) is 42.5 Å². The van der Waals surface area contributed by atoms with Crippen LogP contribution >= 0.6 is 0 Å². The summed E-state index contributed by atoms with van der Waals surface area (Å²) in [5.74, 6) is -3.23. The zero-order valence-corrected chi connectivity index (χ0v) is 16.3. The molecule has 148 valence electrons. The van der Waals surface area contributed by atoms with Gasteiger partial charge in [-0.05, 0) is 41.3 Å². The lowest BCUT2D eigenvalue weighted by Crippen LogP contribution is -2.15. The summed E-state index contributed by atoms with van der Waals surface area (Å²) in [5, 5.41) is 18.5. The van der Waals surface area contributed by atoms with Crippen molar-refractivity contribution in [3.63, 3.8) is 0 Å². The van der Waals surface area contributed by atoms with Crippen LogP contribution in [0.1, 0.15) is 24.3 Å². The lowest BCUT2D eigenvalue weighted by atomic mass is 9.94. The van der Waals surface area contributed by atoms with Gasteiger partial charge in [-0.1, -0.05) is 60.7 Å². The van der Waals surface area contributed by atoms with E-state index in [1.165, 1.54) is 0 Å². The fraction of sp³-hybridized carbons (Fsp3) is 0.130. The molecule has 0 radical (unpaired) electrons. The van der Waals surface area contributed by atoms with Crippen LogP contribution in [0.5, 0.6) is 0 Å². The molecular formula is C23H20O5S. The lowest BCUT2D eigenvalue weighted by molar-refractivity contribution is -0.140. The Hall–Kier alpha value is -3.25. The summed E-state index contributed by atoms with van der Waals surface area (Å²) in [6.07, 6.45) is -0.338. The summed E-state index contributed by atoms with van der Waals surface area (Å²) in [6, 6.07) is 23.7. The van der Waals surface area contributed by atoms with Gasteiger partial charge >= 0.3 is 11.9 Å². The van der Waals surface area contributed by atoms with Crippen LogP contribution in [0.4, 0.5) is 0 Å². The summed E-state index contributed by atoms with van der Waals surface area (Å²) in [7, 11) is -1.59. The van der Waals surface area contributed by atoms with Crippen LogP contribution in [0.15, 0.2) is 88.7 Å². The maximum atomic E-state index is 13.2. The second-order valence-electron chi connectivity index (χ2n) is 6.52. The number of aliphatic carboxylic acids is 2. The Bertz CT molecular complexity index is 1030. The van der Waals surface area contributed by atoms with Crippen LogP contribution in [-0.4, -0.2) is 26.4 Å². The van der Waals surface area contributed by atoms with Gasteiger partial charge in [-0.3, -0.25) is 9.59 Å². The molecule has 0 saturated carbocycles. The molecule has 0 saturated heterocycles. The molecule has 0 spiro atoms. The number of hydrogen-bond donors (Lipinski definition) is 2. The van der Waals surface area contributed by atoms with Gasteiger partial charge in [0, 0.05) is 16.2 Å². The van der Waals surface area contributed by atoms with Crippen LogP contribution in [0.25, 0.3) is 11.1 Å². The first-order valence-corrected chi connectivity index (χ1v) is 10.2. The third kappa shape index (κ3) is 4.97. The normalized spacial score (nSPS) is 12.8. The molecule has 0 amide bonds. The third-order valence-electron chi connectivity index (χ3n) is 4.61. The molecule has 0 aliphatic rings. The number of carboxylic acid groups (broad SMARTS) is 2. The zero-order chi connectivity index (χ0) is 20.8. The van der Waals surface area contributed by atoms with Gasteiger partial charge in [-0.2, -0.15) is 0 Å². The Morgan fingerprint density at radius 2 is 1.38 bits per heavy atom. The molecule has 6 heteroatoms. The van der Waals surface area contributed by atoms with Gasteiger partial charge in [-0.25, -0.2) is 4.21 Å². The highest BCUT2D eigenvalue weighted by atomic mass is 32.2. The van der Waals surface area contributed by atoms with E-state index in [0.717, 1.165) is 11.1 Å². The Morgan fingerprint density at radius 1 is 0.793 bits per heavy atom. The standard InChI is InChI=1S/C23H20O5S/c24-22(25)15-14-20(23(26)27)19-8-4-5-9-21(19)29(28)18-12-10-17(11-13-18)16-6-2-1-3-7-16/h1-13,20H,14-15H2,(H,24,25)(H,26,27). The van der Waals surface area contributed by atoms with Gasteiger partial charge in [0.25, 0.3) is 0 Å². The van der Waals surface area contributed by atoms with E-state index in [0.29, 0.717) is 15.4 Å². The molecule has 5 nitrogen and oxygen atoms in total. The molecule has 0 aromatic heterocycles. The molecule has 29 heavy (non-hydrogen) atoms. The quantitative estimate of drug-likeness (QED) is 0.570. The monoisotopic (exact) mass is 408 g/mol. The number of hydrogen-bond acceptors (Lipinski definition) is 3. The maximum absolute atomic E-state index is 13.2. The molecule has 3 aromatic rings. The first kappa shape index (κ1) is 20.5. The summed E-state index contributed by atoms with van der Waals surface area (Å²) >= 11 is 0. The topological polar surface area (TPSA) is 91.7 Å². The van der Waals surface area contributed by atoms with Crippen molar-refractivity contribution in [2.24, 2.45) is 0 Å². The van der Waals surface area contributed by atoms with Crippen LogP contribution in [0.2, 0.25) is 0 Å². The average molecular weight is 408 g/mol. The Balaban J connectivity index is 1.91. The predicted octanol–water partition coefficient (Wildman–Crippen LogP) is 4.55. The molecule has 0 aliphatic carbocycles. The van der Waals surface area contributed by atoms with Crippen molar-refractivity contribution in [1.29, 1.82) is 0 Å². The molecule has 0 bridgehead atoms. The molecule has 0 aliphatic heterocycles. The molecular weight excluding hydrogens is 388 g/mol. The van der Waals surface area contributed by atoms with E-state index >= 15 is 0 Å². The zero-order valence-electron chi connectivity index (χ0n) is 15.5. The highest BCUT2D eigenvalue weighted by Gasteiger charge is 2.25. The summed E-state index contributed by atoms with van der Waals surface area (Å²) in [5.41, 5.74) is 2.42. The minimum atomic E-state index is -1.59. The summed E-state index contributed by atoms with van der Waals surface area (Å²) in [4.78, 5) is 23.6. The average Bonchev–Trinajstić information content (AvgIpc) is 2.74. The predicted molar refractivity (Wildman–Crippen MR) is 110 cm³/mol. The highest BCUT2D eigenvalue weighted by Crippen LogP contribution is 2.30. The van der Waals surface area contributed by atoms with Crippen molar-refractivity contribution in [3.05, 3.63) is 84.4 Å². The molecule has 0 heterocycles. The molecule has 3 aromatic carbocycles. The molecule has 2 unspecified atom stereocenters. The van der Waals surface area contributed by atoms with Crippen molar-refractivity contribution >= 4 is 22.7 Å². The Kier molecular flexibility index (Phi) is 6.57. The van der Waals surface area contributed by atoms with Crippen LogP contribution in [0.3, 0.4) is 0 Å². The van der Waals surface area contributed by atoms with Crippen molar-refractivity contribution in [3.8, 4) is 11.1 Å². The van der Waals surface area contributed by atoms with Crippen LogP contribution in [0, 0.1) is 0 Å². The highest BCUT2D eigenvalue weighted by molar-refractivity contribution is 7.85. The van der Waals surface area contributed by atoms with Crippen LogP contribution in [-0.2, 0) is 20.4 Å². The SMILES string of the molecule is O=C(O)CCC(C(=O)O)c1ccccc1S(=O)c1ccc(-c2ccccc2)cc1. The van der Waals surface area contributed by atoms with E-state index in [-0.39, 0.29) is 12.8 Å². The first-order chi connectivity index (χ1) is 14.0. The molecule has 2 N–H and O–H groups in total. The molecule has 3 rings (SSSR count). The number of carbonyl (C=O) groups is 2. The van der Waals surface area contributed by atoms with E-state index in [9.17, 15) is 18.9 Å². The fourth-order valence-corrected chi connectivity index (χ4v) is 4.41. The number of benzene rings is 3. The minimum Gasteiger partial charge on any atom is -0.481 e. The van der Waals surface area contributed by atoms with Gasteiger partial charge in [0.2, 0.25) is 0 Å². The van der Waals surface area contributed by atoms with Gasteiger partial charge in [-0.15, -0.1) is 0 Å². The van der Waals surface area contributed by atoms with Crippen molar-refractivity contribution in [2.45, 2.75) is 28.6 Å². The Morgan fingerprint density at radius 3 is 2.00 bits per heavy atom. The minimum absolute atomic E-state index is 0.0637. The first-order valence-electron chi connectivity index (χ1n) is 9.08.